The summed E-state index contributed by atoms with van der Waals surface area (Å²) in [7, 11) is 1.45. The SMILES string of the molecule is COc1ccccc1C(=O)Nc1cccc(NC(=O)c2ccccc2OC(F)(F)F)c1. The maximum atomic E-state index is 12.6. The van der Waals surface area contributed by atoms with E-state index in [1.54, 1.807) is 36.4 Å². The first-order valence-electron chi connectivity index (χ1n) is 8.97. The molecule has 6 nitrogen and oxygen atoms in total. The fourth-order valence-corrected chi connectivity index (χ4v) is 2.77. The summed E-state index contributed by atoms with van der Waals surface area (Å²) < 4.78 is 46.8. The van der Waals surface area contributed by atoms with Gasteiger partial charge in [0.1, 0.15) is 11.5 Å². The smallest absolute Gasteiger partial charge is 0.496 e. The standard InChI is InChI=1S/C22H17F3N2O4/c1-30-18-11-4-2-9-16(18)20(28)26-14-7-6-8-15(13-14)27-21(29)17-10-3-5-12-19(17)31-22(23,24)25/h2-13H,1H3,(H,26,28)(H,27,29). The monoisotopic (exact) mass is 430 g/mol. The third kappa shape index (κ3) is 5.75. The molecule has 0 radical (unpaired) electrons. The first-order valence-corrected chi connectivity index (χ1v) is 8.97. The molecule has 0 saturated heterocycles. The second-order valence-electron chi connectivity index (χ2n) is 6.23. The number of hydrogen-bond donors (Lipinski definition) is 2. The van der Waals surface area contributed by atoms with E-state index in [-0.39, 0.29) is 11.3 Å². The molecule has 0 unspecified atom stereocenters. The van der Waals surface area contributed by atoms with Crippen LogP contribution in [0.4, 0.5) is 24.5 Å². The number of ether oxygens (including phenoxy) is 2. The minimum absolute atomic E-state index is 0.268. The molecule has 0 fully saturated rings. The van der Waals surface area contributed by atoms with Crippen molar-refractivity contribution in [2.45, 2.75) is 6.36 Å². The Kier molecular flexibility index (Phi) is 6.44. The van der Waals surface area contributed by atoms with Crippen molar-refractivity contribution in [2.75, 3.05) is 17.7 Å². The van der Waals surface area contributed by atoms with Crippen molar-refractivity contribution >= 4 is 23.2 Å². The van der Waals surface area contributed by atoms with E-state index in [0.717, 1.165) is 6.07 Å². The van der Waals surface area contributed by atoms with Crippen molar-refractivity contribution in [3.05, 3.63) is 83.9 Å². The molecule has 2 N–H and O–H groups in total. The van der Waals surface area contributed by atoms with Crippen molar-refractivity contribution in [1.29, 1.82) is 0 Å². The number of halogens is 3. The van der Waals surface area contributed by atoms with E-state index in [1.165, 1.54) is 37.4 Å². The summed E-state index contributed by atoms with van der Waals surface area (Å²) in [5.74, 6) is -1.45. The second kappa shape index (κ2) is 9.21. The summed E-state index contributed by atoms with van der Waals surface area (Å²) in [6.07, 6.45) is -4.93. The maximum absolute atomic E-state index is 12.6. The summed E-state index contributed by atoms with van der Waals surface area (Å²) in [5, 5.41) is 5.18. The third-order valence-electron chi connectivity index (χ3n) is 4.09. The number of amides is 2. The van der Waals surface area contributed by atoms with E-state index >= 15 is 0 Å². The topological polar surface area (TPSA) is 76.7 Å². The van der Waals surface area contributed by atoms with Crippen molar-refractivity contribution in [1.82, 2.24) is 0 Å². The summed E-state index contributed by atoms with van der Waals surface area (Å²) >= 11 is 0. The quantitative estimate of drug-likeness (QED) is 0.571. The molecule has 0 aliphatic rings. The highest BCUT2D eigenvalue weighted by atomic mass is 19.4. The molecule has 0 heterocycles. The van der Waals surface area contributed by atoms with Gasteiger partial charge in [0, 0.05) is 11.4 Å². The number of nitrogens with one attached hydrogen (secondary N) is 2. The molecule has 3 rings (SSSR count). The molecular weight excluding hydrogens is 413 g/mol. The molecule has 3 aromatic rings. The van der Waals surface area contributed by atoms with Crippen LogP contribution in [0, 0.1) is 0 Å². The van der Waals surface area contributed by atoms with Crippen LogP contribution in [-0.2, 0) is 0 Å². The zero-order chi connectivity index (χ0) is 22.4. The fraction of sp³-hybridized carbons (Fsp3) is 0.0909. The van der Waals surface area contributed by atoms with Crippen LogP contribution in [0.1, 0.15) is 20.7 Å². The first kappa shape index (κ1) is 21.7. The Morgan fingerprint density at radius 2 is 1.23 bits per heavy atom. The van der Waals surface area contributed by atoms with Gasteiger partial charge in [-0.1, -0.05) is 30.3 Å². The largest absolute Gasteiger partial charge is 0.573 e. The molecule has 3 aromatic carbocycles. The van der Waals surface area contributed by atoms with Gasteiger partial charge in [-0.25, -0.2) is 0 Å². The molecule has 0 aliphatic carbocycles. The Bertz CT molecular complexity index is 1100. The lowest BCUT2D eigenvalue weighted by Crippen LogP contribution is -2.21. The Balaban J connectivity index is 1.76. The minimum atomic E-state index is -4.93. The number of carbonyl (C=O) groups is 2. The zero-order valence-electron chi connectivity index (χ0n) is 16.2. The number of rotatable bonds is 6. The Morgan fingerprint density at radius 1 is 0.742 bits per heavy atom. The highest BCUT2D eigenvalue weighted by molar-refractivity contribution is 6.08. The molecule has 9 heteroatoms. The predicted octanol–water partition coefficient (Wildman–Crippen LogP) is 5.10. The first-order chi connectivity index (χ1) is 14.8. The van der Waals surface area contributed by atoms with E-state index in [4.69, 9.17) is 4.74 Å². The molecule has 0 saturated carbocycles. The van der Waals surface area contributed by atoms with Crippen molar-refractivity contribution in [3.63, 3.8) is 0 Å². The normalized spacial score (nSPS) is 10.8. The highest BCUT2D eigenvalue weighted by Gasteiger charge is 2.32. The summed E-state index contributed by atoms with van der Waals surface area (Å²) in [4.78, 5) is 25.0. The second-order valence-corrected chi connectivity index (χ2v) is 6.23. The molecule has 0 atom stereocenters. The lowest BCUT2D eigenvalue weighted by Gasteiger charge is -2.14. The summed E-state index contributed by atoms with van der Waals surface area (Å²) in [6, 6.07) is 17.8. The number of methoxy groups -OCH3 is 1. The van der Waals surface area contributed by atoms with Crippen LogP contribution in [0.2, 0.25) is 0 Å². The van der Waals surface area contributed by atoms with Crippen LogP contribution in [0.25, 0.3) is 0 Å². The van der Waals surface area contributed by atoms with Crippen LogP contribution in [-0.4, -0.2) is 25.3 Å². The van der Waals surface area contributed by atoms with E-state index in [1.807, 2.05) is 0 Å². The predicted molar refractivity (Wildman–Crippen MR) is 108 cm³/mol. The Hall–Kier alpha value is -4.01. The van der Waals surface area contributed by atoms with E-state index < -0.39 is 23.9 Å². The van der Waals surface area contributed by atoms with Gasteiger partial charge in [-0.2, -0.15) is 0 Å². The number of alkyl halides is 3. The Morgan fingerprint density at radius 3 is 1.74 bits per heavy atom. The van der Waals surface area contributed by atoms with E-state index in [0.29, 0.717) is 17.0 Å². The molecule has 0 spiro atoms. The van der Waals surface area contributed by atoms with Crippen molar-refractivity contribution in [2.24, 2.45) is 0 Å². The molecule has 0 aliphatic heterocycles. The molecule has 0 bridgehead atoms. The number of carbonyl (C=O) groups excluding carboxylic acids is 2. The van der Waals surface area contributed by atoms with Gasteiger partial charge in [0.15, 0.2) is 0 Å². The van der Waals surface area contributed by atoms with E-state index in [2.05, 4.69) is 15.4 Å². The molecule has 0 aromatic heterocycles. The summed E-state index contributed by atoms with van der Waals surface area (Å²) in [6.45, 7) is 0. The van der Waals surface area contributed by atoms with Crippen molar-refractivity contribution < 1.29 is 32.2 Å². The molecule has 31 heavy (non-hydrogen) atoms. The van der Waals surface area contributed by atoms with Gasteiger partial charge < -0.3 is 20.1 Å². The van der Waals surface area contributed by atoms with Crippen LogP contribution >= 0.6 is 0 Å². The minimum Gasteiger partial charge on any atom is -0.496 e. The average molecular weight is 430 g/mol. The van der Waals surface area contributed by atoms with Gasteiger partial charge in [0.2, 0.25) is 0 Å². The number of benzene rings is 3. The maximum Gasteiger partial charge on any atom is 0.573 e. The van der Waals surface area contributed by atoms with Crippen LogP contribution in [0.15, 0.2) is 72.8 Å². The average Bonchev–Trinajstić information content (AvgIpc) is 2.73. The van der Waals surface area contributed by atoms with Crippen LogP contribution in [0.3, 0.4) is 0 Å². The van der Waals surface area contributed by atoms with E-state index in [9.17, 15) is 22.8 Å². The Labute approximate surface area is 175 Å². The van der Waals surface area contributed by atoms with Gasteiger partial charge in [-0.15, -0.1) is 13.2 Å². The van der Waals surface area contributed by atoms with Gasteiger partial charge in [0.25, 0.3) is 11.8 Å². The zero-order valence-corrected chi connectivity index (χ0v) is 16.2. The molecule has 2 amide bonds. The lowest BCUT2D eigenvalue weighted by molar-refractivity contribution is -0.274. The number of para-hydroxylation sites is 2. The van der Waals surface area contributed by atoms with Crippen LogP contribution in [0.5, 0.6) is 11.5 Å². The highest BCUT2D eigenvalue weighted by Crippen LogP contribution is 2.27. The van der Waals surface area contributed by atoms with Crippen molar-refractivity contribution in [3.8, 4) is 11.5 Å². The van der Waals surface area contributed by atoms with Gasteiger partial charge in [-0.05, 0) is 42.5 Å². The number of anilines is 2. The van der Waals surface area contributed by atoms with Crippen LogP contribution < -0.4 is 20.1 Å². The third-order valence-corrected chi connectivity index (χ3v) is 4.09. The summed E-state index contributed by atoms with van der Waals surface area (Å²) in [5.41, 5.74) is 0.666. The lowest BCUT2D eigenvalue weighted by atomic mass is 10.1. The fourth-order valence-electron chi connectivity index (χ4n) is 2.77. The number of hydrogen-bond acceptors (Lipinski definition) is 4. The molecule has 160 valence electrons. The van der Waals surface area contributed by atoms with Gasteiger partial charge >= 0.3 is 6.36 Å². The molecular formula is C22H17F3N2O4. The van der Waals surface area contributed by atoms with Gasteiger partial charge in [-0.3, -0.25) is 9.59 Å². The van der Waals surface area contributed by atoms with Gasteiger partial charge in [0.05, 0.1) is 18.2 Å².